The molecule has 2 unspecified atom stereocenters. The Bertz CT molecular complexity index is 243. The maximum atomic E-state index is 6.05. The zero-order valence-corrected chi connectivity index (χ0v) is 15.1. The van der Waals surface area contributed by atoms with Crippen LogP contribution in [0.15, 0.2) is 0 Å². The highest BCUT2D eigenvalue weighted by Gasteiger charge is 2.52. The third kappa shape index (κ3) is 7.21. The Kier molecular flexibility index (Phi) is 9.71. The summed E-state index contributed by atoms with van der Waals surface area (Å²) in [4.78, 5) is 0. The normalized spacial score (nSPS) is 21.7. The predicted octanol–water partition coefficient (Wildman–Crippen LogP) is 3.36. The molecule has 1 saturated heterocycles. The van der Waals surface area contributed by atoms with Gasteiger partial charge in [0.05, 0.1) is 0 Å². The highest BCUT2D eigenvalue weighted by Crippen LogP contribution is 2.33. The van der Waals surface area contributed by atoms with Gasteiger partial charge in [-0.3, -0.25) is 0 Å². The Morgan fingerprint density at radius 1 is 0.762 bits per heavy atom. The van der Waals surface area contributed by atoms with E-state index in [1.807, 2.05) is 0 Å². The van der Waals surface area contributed by atoms with Gasteiger partial charge in [0.15, 0.2) is 6.29 Å². The lowest BCUT2D eigenvalue weighted by Crippen LogP contribution is -2.48. The van der Waals surface area contributed by atoms with Crippen LogP contribution in [0.5, 0.6) is 0 Å². The SMILES string of the molecule is CCCOC1OC1C[Si](OCCC)(OCCC)OCCC. The molecule has 0 aliphatic carbocycles. The van der Waals surface area contributed by atoms with E-state index < -0.39 is 8.80 Å². The number of ether oxygens (including phenoxy) is 2. The predicted molar refractivity (Wildman–Crippen MR) is 84.2 cm³/mol. The first-order valence-corrected chi connectivity index (χ1v) is 10.3. The van der Waals surface area contributed by atoms with Crippen molar-refractivity contribution < 1.29 is 22.8 Å². The molecule has 6 heteroatoms. The minimum atomic E-state index is -2.65. The van der Waals surface area contributed by atoms with Crippen molar-refractivity contribution in [1.82, 2.24) is 0 Å². The first-order valence-electron chi connectivity index (χ1n) is 8.40. The van der Waals surface area contributed by atoms with Crippen molar-refractivity contribution in [2.24, 2.45) is 0 Å². The fourth-order valence-electron chi connectivity index (χ4n) is 1.97. The summed E-state index contributed by atoms with van der Waals surface area (Å²) < 4.78 is 29.3. The molecule has 1 aliphatic rings. The monoisotopic (exact) mass is 320 g/mol. The first kappa shape index (κ1) is 19.1. The van der Waals surface area contributed by atoms with E-state index in [0.29, 0.717) is 25.9 Å². The van der Waals surface area contributed by atoms with Crippen LogP contribution in [0, 0.1) is 0 Å². The van der Waals surface area contributed by atoms with Crippen LogP contribution in [0.3, 0.4) is 0 Å². The number of hydrogen-bond acceptors (Lipinski definition) is 5. The maximum absolute atomic E-state index is 6.05. The molecule has 0 aromatic rings. The Labute approximate surface area is 130 Å². The van der Waals surface area contributed by atoms with Crippen LogP contribution in [0.25, 0.3) is 0 Å². The summed E-state index contributed by atoms with van der Waals surface area (Å²) in [5.74, 6) is 0. The van der Waals surface area contributed by atoms with Crippen LogP contribution in [-0.2, 0) is 22.8 Å². The third-order valence-corrected chi connectivity index (χ3v) is 5.89. The lowest BCUT2D eigenvalue weighted by molar-refractivity contribution is 0.0504. The quantitative estimate of drug-likeness (QED) is 0.363. The summed E-state index contributed by atoms with van der Waals surface area (Å²) >= 11 is 0. The number of hydrogen-bond donors (Lipinski definition) is 0. The summed E-state index contributed by atoms with van der Waals surface area (Å²) in [5.41, 5.74) is 0. The van der Waals surface area contributed by atoms with E-state index in [4.69, 9.17) is 22.8 Å². The van der Waals surface area contributed by atoms with Crippen molar-refractivity contribution in [1.29, 1.82) is 0 Å². The van der Waals surface area contributed by atoms with Crippen molar-refractivity contribution in [2.75, 3.05) is 26.4 Å². The second kappa shape index (κ2) is 10.7. The van der Waals surface area contributed by atoms with Gasteiger partial charge in [-0.25, -0.2) is 0 Å². The Hall–Kier alpha value is 0.0169. The first-order chi connectivity index (χ1) is 10.2. The van der Waals surface area contributed by atoms with E-state index in [1.54, 1.807) is 0 Å². The highest BCUT2D eigenvalue weighted by atomic mass is 28.4. The zero-order valence-electron chi connectivity index (χ0n) is 14.1. The van der Waals surface area contributed by atoms with Gasteiger partial charge in [0, 0.05) is 32.5 Å². The highest BCUT2D eigenvalue weighted by molar-refractivity contribution is 6.61. The Balaban J connectivity index is 2.55. The van der Waals surface area contributed by atoms with Crippen molar-refractivity contribution in [3.05, 3.63) is 0 Å². The van der Waals surface area contributed by atoms with Crippen molar-refractivity contribution in [3.8, 4) is 0 Å². The summed E-state index contributed by atoms with van der Waals surface area (Å²) in [6.45, 7) is 11.1. The van der Waals surface area contributed by atoms with Crippen molar-refractivity contribution in [2.45, 2.75) is 71.8 Å². The van der Waals surface area contributed by atoms with Gasteiger partial charge >= 0.3 is 8.80 Å². The zero-order chi connectivity index (χ0) is 15.6. The molecule has 5 nitrogen and oxygen atoms in total. The lowest BCUT2D eigenvalue weighted by Gasteiger charge is -2.29. The van der Waals surface area contributed by atoms with Crippen molar-refractivity contribution in [3.63, 3.8) is 0 Å². The molecule has 0 N–H and O–H groups in total. The van der Waals surface area contributed by atoms with E-state index in [0.717, 1.165) is 32.3 Å². The molecule has 0 radical (unpaired) electrons. The van der Waals surface area contributed by atoms with Gasteiger partial charge < -0.3 is 22.8 Å². The standard InChI is InChI=1S/C15H32O5Si/c1-5-9-16-15-14(20-15)13-21(17-10-6-2,18-11-7-3)19-12-8-4/h14-15H,5-13H2,1-4H3. The van der Waals surface area contributed by atoms with Gasteiger partial charge in [-0.2, -0.15) is 0 Å². The average Bonchev–Trinajstić information content (AvgIpc) is 3.24. The summed E-state index contributed by atoms with van der Waals surface area (Å²) in [5, 5.41) is 0. The smallest absolute Gasteiger partial charge is 0.373 e. The van der Waals surface area contributed by atoms with Crippen LogP contribution >= 0.6 is 0 Å². The van der Waals surface area contributed by atoms with E-state index >= 15 is 0 Å². The number of epoxide rings is 1. The molecule has 0 saturated carbocycles. The van der Waals surface area contributed by atoms with Crippen LogP contribution in [0.1, 0.15) is 53.4 Å². The number of rotatable bonds is 14. The molecule has 0 spiro atoms. The third-order valence-electron chi connectivity index (χ3n) is 3.05. The van der Waals surface area contributed by atoms with Gasteiger partial charge in [0.2, 0.25) is 0 Å². The van der Waals surface area contributed by atoms with Crippen LogP contribution in [-0.4, -0.2) is 47.6 Å². The van der Waals surface area contributed by atoms with E-state index in [1.165, 1.54) is 0 Å². The van der Waals surface area contributed by atoms with Crippen molar-refractivity contribution >= 4 is 8.80 Å². The second-order valence-electron chi connectivity index (χ2n) is 5.35. The molecule has 0 amide bonds. The molecule has 0 aromatic carbocycles. The molecule has 1 aliphatic heterocycles. The van der Waals surface area contributed by atoms with Gasteiger partial charge in [-0.05, 0) is 25.7 Å². The van der Waals surface area contributed by atoms with E-state index in [-0.39, 0.29) is 12.4 Å². The Morgan fingerprint density at radius 3 is 1.67 bits per heavy atom. The molecule has 21 heavy (non-hydrogen) atoms. The molecule has 1 fully saturated rings. The molecule has 2 atom stereocenters. The van der Waals surface area contributed by atoms with Gasteiger partial charge in [0.25, 0.3) is 0 Å². The fourth-order valence-corrected chi connectivity index (χ4v) is 4.90. The fraction of sp³-hybridized carbons (Fsp3) is 1.00. The molecule has 1 heterocycles. The van der Waals surface area contributed by atoms with E-state index in [9.17, 15) is 0 Å². The van der Waals surface area contributed by atoms with Gasteiger partial charge in [0.1, 0.15) is 6.10 Å². The Morgan fingerprint density at radius 2 is 1.24 bits per heavy atom. The minimum Gasteiger partial charge on any atom is -0.373 e. The minimum absolute atomic E-state index is 0.0637. The topological polar surface area (TPSA) is 49.5 Å². The van der Waals surface area contributed by atoms with Gasteiger partial charge in [-0.1, -0.05) is 27.7 Å². The van der Waals surface area contributed by atoms with Crippen LogP contribution in [0.4, 0.5) is 0 Å². The molecule has 0 bridgehead atoms. The lowest BCUT2D eigenvalue weighted by atomic mass is 10.5. The molecular weight excluding hydrogens is 288 g/mol. The molecule has 0 aromatic heterocycles. The average molecular weight is 321 g/mol. The summed E-state index contributed by atoms with van der Waals surface area (Å²) in [7, 11) is -2.65. The maximum Gasteiger partial charge on any atom is 0.503 e. The largest absolute Gasteiger partial charge is 0.503 e. The molecular formula is C15H32O5Si. The van der Waals surface area contributed by atoms with E-state index in [2.05, 4.69) is 27.7 Å². The van der Waals surface area contributed by atoms with Gasteiger partial charge in [-0.15, -0.1) is 0 Å². The van der Waals surface area contributed by atoms with Crippen LogP contribution < -0.4 is 0 Å². The molecule has 1 rings (SSSR count). The summed E-state index contributed by atoms with van der Waals surface area (Å²) in [6.07, 6.45) is 3.84. The van der Waals surface area contributed by atoms with Crippen LogP contribution in [0.2, 0.25) is 6.04 Å². The second-order valence-corrected chi connectivity index (χ2v) is 7.99. The molecule has 126 valence electrons. The summed E-state index contributed by atoms with van der Waals surface area (Å²) in [6, 6.07) is 0.696.